The normalized spacial score (nSPS) is 13.3. The summed E-state index contributed by atoms with van der Waals surface area (Å²) in [6, 6.07) is 10.0. The van der Waals surface area contributed by atoms with Crippen molar-refractivity contribution in [2.75, 3.05) is 5.32 Å². The molecule has 114 valence electrons. The molecule has 7 heteroatoms. The van der Waals surface area contributed by atoms with Crippen LogP contribution in [0.25, 0.3) is 5.70 Å². The number of benzene rings is 2. The average molecular weight is 310 g/mol. The maximum absolute atomic E-state index is 11.9. The van der Waals surface area contributed by atoms with Crippen LogP contribution in [0.5, 0.6) is 5.75 Å². The number of carbonyl (C=O) groups is 2. The van der Waals surface area contributed by atoms with Crippen LogP contribution in [-0.2, 0) is 4.79 Å². The fourth-order valence-corrected chi connectivity index (χ4v) is 2.31. The molecular formula is C16H10N2O5. The number of fused-ring (bicyclic) bond motifs is 1. The van der Waals surface area contributed by atoms with Gasteiger partial charge in [0.2, 0.25) is 11.6 Å². The molecule has 2 aromatic carbocycles. The summed E-state index contributed by atoms with van der Waals surface area (Å²) < 4.78 is 0. The SMILES string of the molecule is O=C1C=C(Nc2cc([N+](=O)[O-])ccc2O)c2ccccc2C1=O. The fourth-order valence-electron chi connectivity index (χ4n) is 2.31. The molecule has 1 aliphatic carbocycles. The van der Waals surface area contributed by atoms with Gasteiger partial charge in [-0.15, -0.1) is 0 Å². The van der Waals surface area contributed by atoms with Crippen molar-refractivity contribution in [3.8, 4) is 5.75 Å². The molecule has 2 N–H and O–H groups in total. The zero-order valence-corrected chi connectivity index (χ0v) is 11.6. The van der Waals surface area contributed by atoms with E-state index in [0.717, 1.165) is 12.1 Å². The van der Waals surface area contributed by atoms with E-state index in [1.54, 1.807) is 18.2 Å². The van der Waals surface area contributed by atoms with Crippen molar-refractivity contribution in [2.24, 2.45) is 0 Å². The predicted molar refractivity (Wildman–Crippen MR) is 82.1 cm³/mol. The van der Waals surface area contributed by atoms with Crippen molar-refractivity contribution >= 4 is 28.6 Å². The Hall–Kier alpha value is -3.48. The van der Waals surface area contributed by atoms with Gasteiger partial charge >= 0.3 is 0 Å². The predicted octanol–water partition coefficient (Wildman–Crippen LogP) is 2.52. The Labute approximate surface area is 130 Å². The smallest absolute Gasteiger partial charge is 0.271 e. The third-order valence-corrected chi connectivity index (χ3v) is 3.42. The molecule has 0 aliphatic heterocycles. The molecule has 0 fully saturated rings. The molecule has 0 radical (unpaired) electrons. The minimum atomic E-state index is -0.698. The molecule has 0 unspecified atom stereocenters. The quantitative estimate of drug-likeness (QED) is 0.390. The number of hydrogen-bond acceptors (Lipinski definition) is 6. The highest BCUT2D eigenvalue weighted by Crippen LogP contribution is 2.32. The Morgan fingerprint density at radius 3 is 2.43 bits per heavy atom. The largest absolute Gasteiger partial charge is 0.506 e. The van der Waals surface area contributed by atoms with Gasteiger partial charge in [0.15, 0.2) is 0 Å². The van der Waals surface area contributed by atoms with Crippen molar-refractivity contribution < 1.29 is 19.6 Å². The van der Waals surface area contributed by atoms with Crippen molar-refractivity contribution in [1.82, 2.24) is 0 Å². The van der Waals surface area contributed by atoms with Gasteiger partial charge in [-0.05, 0) is 6.07 Å². The van der Waals surface area contributed by atoms with E-state index in [1.807, 2.05) is 0 Å². The molecule has 2 aromatic rings. The van der Waals surface area contributed by atoms with Gasteiger partial charge < -0.3 is 10.4 Å². The molecular weight excluding hydrogens is 300 g/mol. The number of rotatable bonds is 3. The van der Waals surface area contributed by atoms with Gasteiger partial charge in [0.05, 0.1) is 16.3 Å². The van der Waals surface area contributed by atoms with E-state index in [1.165, 1.54) is 18.2 Å². The Morgan fingerprint density at radius 2 is 1.74 bits per heavy atom. The molecule has 0 aromatic heterocycles. The number of Topliss-reactive ketones (excluding diaryl/α,β-unsaturated/α-hetero) is 1. The standard InChI is InChI=1S/C16H10N2O5/c19-14-6-5-9(18(22)23)7-13(14)17-12-8-15(20)16(21)11-4-2-1-3-10(11)12/h1-8,17,19H. The van der Waals surface area contributed by atoms with Crippen LogP contribution in [0, 0.1) is 10.1 Å². The van der Waals surface area contributed by atoms with Crippen molar-refractivity contribution in [2.45, 2.75) is 0 Å². The molecule has 23 heavy (non-hydrogen) atoms. The van der Waals surface area contributed by atoms with Crippen molar-refractivity contribution in [3.63, 3.8) is 0 Å². The zero-order chi connectivity index (χ0) is 16.6. The van der Waals surface area contributed by atoms with Gasteiger partial charge in [0.1, 0.15) is 5.75 Å². The number of allylic oxidation sites excluding steroid dienone is 1. The number of nitrogens with zero attached hydrogens (tertiary/aromatic N) is 1. The summed E-state index contributed by atoms with van der Waals surface area (Å²) in [5.74, 6) is -1.52. The van der Waals surface area contributed by atoms with Crippen LogP contribution in [0.1, 0.15) is 15.9 Å². The molecule has 0 heterocycles. The Morgan fingerprint density at radius 1 is 1.04 bits per heavy atom. The Bertz CT molecular complexity index is 886. The van der Waals surface area contributed by atoms with Crippen LogP contribution >= 0.6 is 0 Å². The van der Waals surface area contributed by atoms with Crippen LogP contribution in [0.4, 0.5) is 11.4 Å². The lowest BCUT2D eigenvalue weighted by Crippen LogP contribution is -2.20. The Kier molecular flexibility index (Phi) is 3.38. The molecule has 0 amide bonds. The second-order valence-corrected chi connectivity index (χ2v) is 4.88. The molecule has 0 saturated carbocycles. The summed E-state index contributed by atoms with van der Waals surface area (Å²) in [5.41, 5.74) is 0.885. The number of nitro groups is 1. The first-order chi connectivity index (χ1) is 11.0. The number of non-ortho nitro benzene ring substituents is 1. The first-order valence-corrected chi connectivity index (χ1v) is 6.61. The number of hydrogen-bond donors (Lipinski definition) is 2. The van der Waals surface area contributed by atoms with Crippen LogP contribution in [-0.4, -0.2) is 21.6 Å². The monoisotopic (exact) mass is 310 g/mol. The molecule has 0 spiro atoms. The van der Waals surface area contributed by atoms with Crippen molar-refractivity contribution in [1.29, 1.82) is 0 Å². The number of nitrogens with one attached hydrogen (secondary N) is 1. The summed E-state index contributed by atoms with van der Waals surface area (Å²) in [5, 5.41) is 23.5. The van der Waals surface area contributed by atoms with Gasteiger partial charge in [0, 0.05) is 29.3 Å². The zero-order valence-electron chi connectivity index (χ0n) is 11.6. The van der Waals surface area contributed by atoms with Crippen LogP contribution < -0.4 is 5.32 Å². The number of ketones is 2. The topological polar surface area (TPSA) is 110 Å². The molecule has 0 saturated heterocycles. The molecule has 3 rings (SSSR count). The van der Waals surface area contributed by atoms with Crippen LogP contribution in [0.3, 0.4) is 0 Å². The number of nitro benzene ring substituents is 1. The van der Waals surface area contributed by atoms with Gasteiger partial charge in [0.25, 0.3) is 5.69 Å². The molecule has 0 atom stereocenters. The van der Waals surface area contributed by atoms with Crippen molar-refractivity contribution in [3.05, 3.63) is 69.8 Å². The average Bonchev–Trinajstić information content (AvgIpc) is 2.54. The lowest BCUT2D eigenvalue weighted by molar-refractivity contribution is -0.384. The summed E-state index contributed by atoms with van der Waals surface area (Å²) in [6.07, 6.45) is 1.11. The highest BCUT2D eigenvalue weighted by Gasteiger charge is 2.26. The van der Waals surface area contributed by atoms with E-state index in [2.05, 4.69) is 5.32 Å². The van der Waals surface area contributed by atoms with E-state index in [4.69, 9.17) is 0 Å². The summed E-state index contributed by atoms with van der Waals surface area (Å²) >= 11 is 0. The maximum atomic E-state index is 11.9. The summed E-state index contributed by atoms with van der Waals surface area (Å²) in [6.45, 7) is 0. The molecule has 0 bridgehead atoms. The van der Waals surface area contributed by atoms with Gasteiger partial charge in [-0.25, -0.2) is 0 Å². The first-order valence-electron chi connectivity index (χ1n) is 6.61. The fraction of sp³-hybridized carbons (Fsp3) is 0. The minimum absolute atomic E-state index is 0.0717. The second-order valence-electron chi connectivity index (χ2n) is 4.88. The van der Waals surface area contributed by atoms with E-state index >= 15 is 0 Å². The maximum Gasteiger partial charge on any atom is 0.271 e. The van der Waals surface area contributed by atoms with E-state index < -0.39 is 16.5 Å². The Balaban J connectivity index is 2.05. The molecule has 7 nitrogen and oxygen atoms in total. The lowest BCUT2D eigenvalue weighted by Gasteiger charge is -2.18. The second kappa shape index (κ2) is 5.38. The van der Waals surface area contributed by atoms with Crippen LogP contribution in [0.15, 0.2) is 48.5 Å². The number of aromatic hydroxyl groups is 1. The number of anilines is 1. The van der Waals surface area contributed by atoms with E-state index in [-0.39, 0.29) is 22.7 Å². The first kappa shape index (κ1) is 14.5. The number of phenolic OH excluding ortho intramolecular Hbond substituents is 1. The lowest BCUT2D eigenvalue weighted by atomic mass is 9.92. The molecule has 1 aliphatic rings. The van der Waals surface area contributed by atoms with E-state index in [9.17, 15) is 24.8 Å². The highest BCUT2D eigenvalue weighted by molar-refractivity contribution is 6.50. The minimum Gasteiger partial charge on any atom is -0.506 e. The summed E-state index contributed by atoms with van der Waals surface area (Å²) in [4.78, 5) is 33.9. The van der Waals surface area contributed by atoms with E-state index in [0.29, 0.717) is 11.3 Å². The van der Waals surface area contributed by atoms with Crippen LogP contribution in [0.2, 0.25) is 0 Å². The third-order valence-electron chi connectivity index (χ3n) is 3.42. The summed E-state index contributed by atoms with van der Waals surface area (Å²) in [7, 11) is 0. The van der Waals surface area contributed by atoms with Gasteiger partial charge in [-0.3, -0.25) is 19.7 Å². The third kappa shape index (κ3) is 2.55. The number of carbonyl (C=O) groups excluding carboxylic acids is 2. The van der Waals surface area contributed by atoms with Gasteiger partial charge in [-0.1, -0.05) is 24.3 Å². The van der Waals surface area contributed by atoms with Gasteiger partial charge in [-0.2, -0.15) is 0 Å². The number of phenols is 1. The highest BCUT2D eigenvalue weighted by atomic mass is 16.6.